The van der Waals surface area contributed by atoms with Crippen LogP contribution in [-0.2, 0) is 6.42 Å². The van der Waals surface area contributed by atoms with E-state index in [4.69, 9.17) is 10.5 Å². The molecule has 0 bridgehead atoms. The van der Waals surface area contributed by atoms with Crippen molar-refractivity contribution < 1.29 is 4.74 Å². The number of nitrogens with zero attached hydrogens (tertiary/aromatic N) is 1. The lowest BCUT2D eigenvalue weighted by atomic mass is 9.98. The molecule has 3 heteroatoms. The smallest absolute Gasteiger partial charge is 0.124 e. The van der Waals surface area contributed by atoms with Crippen LogP contribution >= 0.6 is 0 Å². The largest absolute Gasteiger partial charge is 0.494 e. The van der Waals surface area contributed by atoms with Gasteiger partial charge in [0.15, 0.2) is 0 Å². The molecular weight excluding hydrogens is 260 g/mol. The molecule has 1 atom stereocenters. The standard InChI is InChI=1S/C18H24N2O/c1-4-21-18-8-6-5-7-16(18)17(19)13-14-9-11-15(12-10-14)20(2)3/h5-12,17H,4,13,19H2,1-3H3. The predicted octanol–water partition coefficient (Wildman–Crippen LogP) is 3.39. The minimum Gasteiger partial charge on any atom is -0.494 e. The Hall–Kier alpha value is -2.00. The van der Waals surface area contributed by atoms with Gasteiger partial charge in [0, 0.05) is 31.4 Å². The lowest BCUT2D eigenvalue weighted by Crippen LogP contribution is -2.15. The maximum absolute atomic E-state index is 6.37. The third kappa shape index (κ3) is 3.99. The van der Waals surface area contributed by atoms with E-state index in [-0.39, 0.29) is 6.04 Å². The highest BCUT2D eigenvalue weighted by Gasteiger charge is 2.12. The third-order valence-corrected chi connectivity index (χ3v) is 3.53. The minimum absolute atomic E-state index is 0.0574. The van der Waals surface area contributed by atoms with Gasteiger partial charge in [-0.3, -0.25) is 0 Å². The molecule has 0 amide bonds. The van der Waals surface area contributed by atoms with Crippen molar-refractivity contribution in [3.63, 3.8) is 0 Å². The molecule has 1 unspecified atom stereocenters. The van der Waals surface area contributed by atoms with Crippen molar-refractivity contribution in [3.8, 4) is 5.75 Å². The van der Waals surface area contributed by atoms with E-state index >= 15 is 0 Å². The Morgan fingerprint density at radius 1 is 1.05 bits per heavy atom. The van der Waals surface area contributed by atoms with E-state index in [1.807, 2.05) is 45.3 Å². The first kappa shape index (κ1) is 15.4. The van der Waals surface area contributed by atoms with Crippen LogP contribution in [0, 0.1) is 0 Å². The van der Waals surface area contributed by atoms with Crippen LogP contribution in [0.3, 0.4) is 0 Å². The summed E-state index contributed by atoms with van der Waals surface area (Å²) in [6.45, 7) is 2.64. The van der Waals surface area contributed by atoms with Crippen LogP contribution < -0.4 is 15.4 Å². The van der Waals surface area contributed by atoms with Gasteiger partial charge in [-0.2, -0.15) is 0 Å². The van der Waals surface area contributed by atoms with Crippen LogP contribution in [0.15, 0.2) is 48.5 Å². The fourth-order valence-corrected chi connectivity index (χ4v) is 2.37. The Bertz CT molecular complexity index is 564. The zero-order valence-electron chi connectivity index (χ0n) is 13.0. The molecule has 0 aliphatic rings. The highest BCUT2D eigenvalue weighted by Crippen LogP contribution is 2.26. The third-order valence-electron chi connectivity index (χ3n) is 3.53. The molecule has 0 saturated carbocycles. The maximum atomic E-state index is 6.37. The highest BCUT2D eigenvalue weighted by atomic mass is 16.5. The molecule has 0 radical (unpaired) electrons. The molecule has 0 aromatic heterocycles. The maximum Gasteiger partial charge on any atom is 0.124 e. The van der Waals surface area contributed by atoms with E-state index < -0.39 is 0 Å². The predicted molar refractivity (Wildman–Crippen MR) is 89.0 cm³/mol. The number of hydrogen-bond acceptors (Lipinski definition) is 3. The SMILES string of the molecule is CCOc1ccccc1C(N)Cc1ccc(N(C)C)cc1. The van der Waals surface area contributed by atoms with Crippen molar-refractivity contribution in [1.29, 1.82) is 0 Å². The van der Waals surface area contributed by atoms with Crippen LogP contribution in [0.4, 0.5) is 5.69 Å². The Labute approximate surface area is 127 Å². The number of ether oxygens (including phenoxy) is 1. The Morgan fingerprint density at radius 3 is 2.33 bits per heavy atom. The van der Waals surface area contributed by atoms with Gasteiger partial charge in [-0.15, -0.1) is 0 Å². The van der Waals surface area contributed by atoms with E-state index in [0.717, 1.165) is 17.7 Å². The molecule has 2 rings (SSSR count). The average molecular weight is 284 g/mol. The van der Waals surface area contributed by atoms with Crippen molar-refractivity contribution in [2.24, 2.45) is 5.73 Å². The van der Waals surface area contributed by atoms with Crippen molar-refractivity contribution >= 4 is 5.69 Å². The molecule has 0 fully saturated rings. The Kier molecular flexibility index (Phi) is 5.23. The van der Waals surface area contributed by atoms with Crippen LogP contribution in [0.25, 0.3) is 0 Å². The molecule has 0 aliphatic heterocycles. The molecule has 2 aromatic rings. The molecule has 112 valence electrons. The number of nitrogens with two attached hydrogens (primary N) is 1. The zero-order valence-corrected chi connectivity index (χ0v) is 13.0. The van der Waals surface area contributed by atoms with Crippen LogP contribution in [0.2, 0.25) is 0 Å². The van der Waals surface area contributed by atoms with Gasteiger partial charge in [-0.1, -0.05) is 30.3 Å². The summed E-state index contributed by atoms with van der Waals surface area (Å²) in [5.41, 5.74) is 9.86. The second-order valence-electron chi connectivity index (χ2n) is 5.34. The van der Waals surface area contributed by atoms with Gasteiger partial charge < -0.3 is 15.4 Å². The molecule has 2 aromatic carbocycles. The van der Waals surface area contributed by atoms with Gasteiger partial charge in [0.25, 0.3) is 0 Å². The van der Waals surface area contributed by atoms with Crippen LogP contribution in [0.5, 0.6) is 5.75 Å². The van der Waals surface area contributed by atoms with Gasteiger partial charge in [-0.05, 0) is 37.1 Å². The average Bonchev–Trinajstić information content (AvgIpc) is 2.48. The lowest BCUT2D eigenvalue weighted by Gasteiger charge is -2.17. The van der Waals surface area contributed by atoms with Crippen molar-refractivity contribution in [2.75, 3.05) is 25.6 Å². The molecule has 0 heterocycles. The summed E-state index contributed by atoms with van der Waals surface area (Å²) in [5, 5.41) is 0. The topological polar surface area (TPSA) is 38.5 Å². The fraction of sp³-hybridized carbons (Fsp3) is 0.333. The van der Waals surface area contributed by atoms with Gasteiger partial charge in [0.2, 0.25) is 0 Å². The fourth-order valence-electron chi connectivity index (χ4n) is 2.37. The summed E-state index contributed by atoms with van der Waals surface area (Å²) in [6, 6.07) is 16.5. The summed E-state index contributed by atoms with van der Waals surface area (Å²) >= 11 is 0. The van der Waals surface area contributed by atoms with E-state index in [9.17, 15) is 0 Å². The van der Waals surface area contributed by atoms with Gasteiger partial charge in [0.05, 0.1) is 6.61 Å². The summed E-state index contributed by atoms with van der Waals surface area (Å²) in [7, 11) is 4.08. The van der Waals surface area contributed by atoms with Gasteiger partial charge >= 0.3 is 0 Å². The molecule has 2 N–H and O–H groups in total. The first-order chi connectivity index (χ1) is 10.1. The zero-order chi connectivity index (χ0) is 15.2. The summed E-state index contributed by atoms with van der Waals surface area (Å²) < 4.78 is 5.66. The second-order valence-corrected chi connectivity index (χ2v) is 5.34. The summed E-state index contributed by atoms with van der Waals surface area (Å²) in [6.07, 6.45) is 0.803. The van der Waals surface area contributed by atoms with Crippen LogP contribution in [-0.4, -0.2) is 20.7 Å². The number of anilines is 1. The molecule has 0 spiro atoms. The first-order valence-corrected chi connectivity index (χ1v) is 7.35. The van der Waals surface area contributed by atoms with Crippen LogP contribution in [0.1, 0.15) is 24.1 Å². The highest BCUT2D eigenvalue weighted by molar-refractivity contribution is 5.46. The summed E-state index contributed by atoms with van der Waals surface area (Å²) in [4.78, 5) is 2.09. The number of hydrogen-bond donors (Lipinski definition) is 1. The van der Waals surface area contributed by atoms with Gasteiger partial charge in [0.1, 0.15) is 5.75 Å². The summed E-state index contributed by atoms with van der Waals surface area (Å²) in [5.74, 6) is 0.886. The monoisotopic (exact) mass is 284 g/mol. The molecule has 0 saturated heterocycles. The Balaban J connectivity index is 2.12. The number of benzene rings is 2. The van der Waals surface area contributed by atoms with Gasteiger partial charge in [-0.25, -0.2) is 0 Å². The van der Waals surface area contributed by atoms with Crippen molar-refractivity contribution in [3.05, 3.63) is 59.7 Å². The molecule has 0 aliphatic carbocycles. The second kappa shape index (κ2) is 7.14. The normalized spacial score (nSPS) is 12.0. The van der Waals surface area contributed by atoms with E-state index in [2.05, 4.69) is 29.2 Å². The molecular formula is C18H24N2O. The minimum atomic E-state index is -0.0574. The quantitative estimate of drug-likeness (QED) is 0.883. The first-order valence-electron chi connectivity index (χ1n) is 7.35. The molecule has 21 heavy (non-hydrogen) atoms. The Morgan fingerprint density at radius 2 is 1.71 bits per heavy atom. The lowest BCUT2D eigenvalue weighted by molar-refractivity contribution is 0.334. The van der Waals surface area contributed by atoms with E-state index in [0.29, 0.717) is 6.61 Å². The van der Waals surface area contributed by atoms with Crippen molar-refractivity contribution in [2.45, 2.75) is 19.4 Å². The van der Waals surface area contributed by atoms with E-state index in [1.54, 1.807) is 0 Å². The molecule has 3 nitrogen and oxygen atoms in total. The number of rotatable bonds is 6. The number of para-hydroxylation sites is 1. The van der Waals surface area contributed by atoms with Crippen molar-refractivity contribution in [1.82, 2.24) is 0 Å². The van der Waals surface area contributed by atoms with E-state index in [1.165, 1.54) is 11.3 Å².